The summed E-state index contributed by atoms with van der Waals surface area (Å²) >= 11 is 9.04. The first-order valence-electron chi connectivity index (χ1n) is 6.49. The van der Waals surface area contributed by atoms with E-state index in [-0.39, 0.29) is 5.82 Å². The maximum Gasteiger partial charge on any atom is 0.139 e. The van der Waals surface area contributed by atoms with E-state index < -0.39 is 0 Å². The van der Waals surface area contributed by atoms with E-state index in [1.165, 1.54) is 6.07 Å². The van der Waals surface area contributed by atoms with Crippen LogP contribution in [0.2, 0.25) is 0 Å². The molecule has 0 bridgehead atoms. The molecule has 0 aliphatic heterocycles. The molecular formula is C15H12BrClFN3. The highest BCUT2D eigenvalue weighted by Gasteiger charge is 2.14. The number of fused-ring (bicyclic) bond motifs is 1. The lowest BCUT2D eigenvalue weighted by Crippen LogP contribution is -2.07. The number of hydrogen-bond donors (Lipinski definition) is 0. The molecule has 108 valence electrons. The monoisotopic (exact) mass is 367 g/mol. The first-order valence-corrected chi connectivity index (χ1v) is 7.82. The molecule has 21 heavy (non-hydrogen) atoms. The molecule has 0 saturated heterocycles. The Hall–Kier alpha value is -1.46. The molecular weight excluding hydrogens is 357 g/mol. The van der Waals surface area contributed by atoms with Crippen LogP contribution in [0.5, 0.6) is 0 Å². The number of aryl methyl sites for hydroxylation is 1. The second-order valence-electron chi connectivity index (χ2n) is 4.63. The molecule has 0 radical (unpaired) electrons. The fourth-order valence-electron chi connectivity index (χ4n) is 2.28. The van der Waals surface area contributed by atoms with Crippen LogP contribution in [-0.2, 0) is 13.0 Å². The molecule has 0 atom stereocenters. The van der Waals surface area contributed by atoms with E-state index in [1.54, 1.807) is 12.3 Å². The summed E-state index contributed by atoms with van der Waals surface area (Å²) in [7, 11) is 0. The number of alkyl halides is 1. The van der Waals surface area contributed by atoms with Crippen molar-refractivity contribution < 1.29 is 4.39 Å². The van der Waals surface area contributed by atoms with E-state index in [0.717, 1.165) is 22.6 Å². The van der Waals surface area contributed by atoms with E-state index in [1.807, 2.05) is 22.8 Å². The summed E-state index contributed by atoms with van der Waals surface area (Å²) < 4.78 is 16.2. The number of benzene rings is 1. The minimum Gasteiger partial charge on any atom is -0.322 e. The van der Waals surface area contributed by atoms with Crippen LogP contribution in [0.1, 0.15) is 11.5 Å². The predicted octanol–water partition coefficient (Wildman–Crippen LogP) is 4.16. The van der Waals surface area contributed by atoms with Crippen LogP contribution >= 0.6 is 27.5 Å². The van der Waals surface area contributed by atoms with Gasteiger partial charge in [0, 0.05) is 24.6 Å². The molecule has 0 aliphatic carbocycles. The number of aromatic nitrogens is 3. The Morgan fingerprint density at radius 3 is 2.86 bits per heavy atom. The van der Waals surface area contributed by atoms with Gasteiger partial charge in [0.25, 0.3) is 0 Å². The number of nitrogens with zero attached hydrogens (tertiary/aromatic N) is 3. The fraction of sp³-hybridized carbons (Fsp3) is 0.200. The number of rotatable bonds is 4. The van der Waals surface area contributed by atoms with Crippen molar-refractivity contribution in [2.24, 2.45) is 0 Å². The summed E-state index contributed by atoms with van der Waals surface area (Å²) in [6.45, 7) is 0.546. The maximum atomic E-state index is 13.8. The molecule has 0 unspecified atom stereocenters. The quantitative estimate of drug-likeness (QED) is 0.647. The lowest BCUT2D eigenvalue weighted by atomic mass is 10.3. The molecule has 0 saturated carbocycles. The van der Waals surface area contributed by atoms with Crippen LogP contribution in [-0.4, -0.2) is 20.4 Å². The minimum atomic E-state index is -0.304. The molecule has 2 aromatic heterocycles. The molecule has 1 aromatic carbocycles. The van der Waals surface area contributed by atoms with Gasteiger partial charge in [0.2, 0.25) is 0 Å². The summed E-state index contributed by atoms with van der Waals surface area (Å²) in [5, 5.41) is 0. The minimum absolute atomic E-state index is 0.304. The zero-order chi connectivity index (χ0) is 14.8. The smallest absolute Gasteiger partial charge is 0.139 e. The Morgan fingerprint density at radius 2 is 2.14 bits per heavy atom. The van der Waals surface area contributed by atoms with Crippen LogP contribution in [0.4, 0.5) is 4.39 Å². The first-order chi connectivity index (χ1) is 10.2. The van der Waals surface area contributed by atoms with Crippen molar-refractivity contribution in [3.05, 3.63) is 58.3 Å². The average molecular weight is 369 g/mol. The van der Waals surface area contributed by atoms with Crippen molar-refractivity contribution in [1.82, 2.24) is 14.5 Å². The predicted molar refractivity (Wildman–Crippen MR) is 85.2 cm³/mol. The Kier molecular flexibility index (Phi) is 4.22. The molecule has 0 N–H and O–H groups in total. The third kappa shape index (κ3) is 2.94. The van der Waals surface area contributed by atoms with Gasteiger partial charge >= 0.3 is 0 Å². The average Bonchev–Trinajstić information content (AvgIpc) is 2.79. The first kappa shape index (κ1) is 14.5. The third-order valence-electron chi connectivity index (χ3n) is 3.23. The van der Waals surface area contributed by atoms with Crippen LogP contribution in [0.3, 0.4) is 0 Å². The SMILES string of the molecule is Fc1cc2c(cc1Br)nc(CCCl)n2Cc1ccccn1. The number of halogens is 3. The summed E-state index contributed by atoms with van der Waals surface area (Å²) in [6, 6.07) is 8.92. The Labute approximate surface area is 134 Å². The van der Waals surface area contributed by atoms with Gasteiger partial charge in [-0.25, -0.2) is 9.37 Å². The van der Waals surface area contributed by atoms with Gasteiger partial charge in [-0.15, -0.1) is 11.6 Å². The zero-order valence-corrected chi connectivity index (χ0v) is 13.4. The van der Waals surface area contributed by atoms with Crippen molar-refractivity contribution in [3.63, 3.8) is 0 Å². The van der Waals surface area contributed by atoms with E-state index in [9.17, 15) is 4.39 Å². The Bertz CT molecular complexity index is 773. The summed E-state index contributed by atoms with van der Waals surface area (Å²) in [4.78, 5) is 8.87. The van der Waals surface area contributed by atoms with Crippen molar-refractivity contribution >= 4 is 38.6 Å². The molecule has 2 heterocycles. The zero-order valence-electron chi connectivity index (χ0n) is 11.1. The molecule has 3 nitrogen and oxygen atoms in total. The second kappa shape index (κ2) is 6.12. The van der Waals surface area contributed by atoms with E-state index in [4.69, 9.17) is 11.6 Å². The highest BCUT2D eigenvalue weighted by Crippen LogP contribution is 2.25. The van der Waals surface area contributed by atoms with Gasteiger partial charge in [-0.1, -0.05) is 6.07 Å². The van der Waals surface area contributed by atoms with Crippen molar-refractivity contribution in [3.8, 4) is 0 Å². The topological polar surface area (TPSA) is 30.7 Å². The van der Waals surface area contributed by atoms with Crippen molar-refractivity contribution in [1.29, 1.82) is 0 Å². The van der Waals surface area contributed by atoms with Crippen LogP contribution in [0, 0.1) is 5.82 Å². The molecule has 3 rings (SSSR count). The summed E-state index contributed by atoms with van der Waals surface area (Å²) in [5.74, 6) is 1.00. The van der Waals surface area contributed by atoms with Gasteiger partial charge in [-0.05, 0) is 34.1 Å². The van der Waals surface area contributed by atoms with Gasteiger partial charge < -0.3 is 4.57 Å². The lowest BCUT2D eigenvalue weighted by Gasteiger charge is -2.08. The number of imidazole rings is 1. The van der Waals surface area contributed by atoms with Gasteiger partial charge in [-0.3, -0.25) is 4.98 Å². The van der Waals surface area contributed by atoms with Crippen molar-refractivity contribution in [2.45, 2.75) is 13.0 Å². The normalized spacial score (nSPS) is 11.2. The third-order valence-corrected chi connectivity index (χ3v) is 4.03. The van der Waals surface area contributed by atoms with E-state index in [0.29, 0.717) is 23.3 Å². The van der Waals surface area contributed by atoms with Gasteiger partial charge in [-0.2, -0.15) is 0 Å². The second-order valence-corrected chi connectivity index (χ2v) is 5.86. The van der Waals surface area contributed by atoms with Gasteiger partial charge in [0.05, 0.1) is 27.7 Å². The number of hydrogen-bond acceptors (Lipinski definition) is 2. The Balaban J connectivity index is 2.13. The molecule has 6 heteroatoms. The standard InChI is InChI=1S/C15H12BrClFN3/c16-11-7-13-14(8-12(11)18)21(15(20-13)4-5-17)9-10-3-1-2-6-19-10/h1-3,6-8H,4-5,9H2. The van der Waals surface area contributed by atoms with Crippen LogP contribution in [0.15, 0.2) is 41.0 Å². The molecule has 0 spiro atoms. The van der Waals surface area contributed by atoms with Crippen LogP contribution in [0.25, 0.3) is 11.0 Å². The fourth-order valence-corrected chi connectivity index (χ4v) is 2.78. The highest BCUT2D eigenvalue weighted by atomic mass is 79.9. The van der Waals surface area contributed by atoms with E-state index >= 15 is 0 Å². The molecule has 0 amide bonds. The Morgan fingerprint density at radius 1 is 1.29 bits per heavy atom. The van der Waals surface area contributed by atoms with Crippen molar-refractivity contribution in [2.75, 3.05) is 5.88 Å². The van der Waals surface area contributed by atoms with E-state index in [2.05, 4.69) is 25.9 Å². The summed E-state index contributed by atoms with van der Waals surface area (Å²) in [5.41, 5.74) is 2.40. The van der Waals surface area contributed by atoms with Gasteiger partial charge in [0.1, 0.15) is 11.6 Å². The molecule has 0 aliphatic rings. The molecule has 3 aromatic rings. The largest absolute Gasteiger partial charge is 0.322 e. The summed E-state index contributed by atoms with van der Waals surface area (Å²) in [6.07, 6.45) is 2.37. The maximum absolute atomic E-state index is 13.8. The number of pyridine rings is 1. The molecule has 0 fully saturated rings. The van der Waals surface area contributed by atoms with Crippen LogP contribution < -0.4 is 0 Å². The highest BCUT2D eigenvalue weighted by molar-refractivity contribution is 9.10. The van der Waals surface area contributed by atoms with Gasteiger partial charge in [0.15, 0.2) is 0 Å². The lowest BCUT2D eigenvalue weighted by molar-refractivity contribution is 0.621.